The number of aryl methyl sites for hydroxylation is 1. The molecule has 0 aliphatic heterocycles. The van der Waals surface area contributed by atoms with Gasteiger partial charge in [0.05, 0.1) is 36.2 Å². The summed E-state index contributed by atoms with van der Waals surface area (Å²) >= 11 is 19.4. The maximum atomic E-state index is 6.62. The highest BCUT2D eigenvalue weighted by atomic mass is 35.5. The summed E-state index contributed by atoms with van der Waals surface area (Å²) in [5, 5.41) is 10.4. The predicted octanol–water partition coefficient (Wildman–Crippen LogP) is 6.10. The second-order valence-corrected chi connectivity index (χ2v) is 8.07. The molecular formula is C22H20Cl3N5O2. The Kier molecular flexibility index (Phi) is 6.60. The molecule has 3 heterocycles. The van der Waals surface area contributed by atoms with Gasteiger partial charge in [-0.1, -0.05) is 34.8 Å². The van der Waals surface area contributed by atoms with Crippen LogP contribution in [-0.4, -0.2) is 34.0 Å². The van der Waals surface area contributed by atoms with Crippen molar-refractivity contribution in [2.24, 2.45) is 0 Å². The molecule has 0 aliphatic rings. The maximum absolute atomic E-state index is 6.62. The zero-order valence-corrected chi connectivity index (χ0v) is 19.9. The molecule has 0 amide bonds. The molecule has 0 saturated heterocycles. The van der Waals surface area contributed by atoms with Crippen LogP contribution in [0.4, 0.5) is 5.82 Å². The molecule has 1 aromatic carbocycles. The van der Waals surface area contributed by atoms with Crippen LogP contribution in [0.2, 0.25) is 15.2 Å². The summed E-state index contributed by atoms with van der Waals surface area (Å²) in [5.41, 5.74) is 2.07. The Bertz CT molecular complexity index is 1260. The predicted molar refractivity (Wildman–Crippen MR) is 128 cm³/mol. The number of hydrogen-bond donors (Lipinski definition) is 1. The van der Waals surface area contributed by atoms with Crippen LogP contribution in [0, 0.1) is 0 Å². The van der Waals surface area contributed by atoms with E-state index in [4.69, 9.17) is 49.3 Å². The third-order valence-corrected chi connectivity index (χ3v) is 5.94. The molecule has 1 N–H and O–H groups in total. The highest BCUT2D eigenvalue weighted by Gasteiger charge is 2.21. The Hall–Kier alpha value is -2.74. The smallest absolute Gasteiger partial charge is 0.141 e. The second-order valence-electron chi connectivity index (χ2n) is 6.93. The van der Waals surface area contributed by atoms with E-state index >= 15 is 0 Å². The molecule has 7 nitrogen and oxygen atoms in total. The number of halogens is 3. The van der Waals surface area contributed by atoms with Gasteiger partial charge in [0.2, 0.25) is 0 Å². The lowest BCUT2D eigenvalue weighted by molar-refractivity contribution is 0.395. The van der Waals surface area contributed by atoms with Crippen molar-refractivity contribution in [3.8, 4) is 22.8 Å². The number of hydrogen-bond acceptors (Lipinski definition) is 6. The van der Waals surface area contributed by atoms with Crippen molar-refractivity contribution in [3.05, 3.63) is 57.6 Å². The largest absolute Gasteiger partial charge is 0.495 e. The van der Waals surface area contributed by atoms with Gasteiger partial charge in [-0.15, -0.1) is 0 Å². The number of nitrogens with zero attached hydrogens (tertiary/aromatic N) is 4. The highest BCUT2D eigenvalue weighted by molar-refractivity contribution is 6.41. The maximum Gasteiger partial charge on any atom is 0.141 e. The van der Waals surface area contributed by atoms with Gasteiger partial charge in [0, 0.05) is 53.4 Å². The van der Waals surface area contributed by atoms with E-state index in [9.17, 15) is 0 Å². The van der Waals surface area contributed by atoms with Crippen LogP contribution in [0.15, 0.2) is 36.8 Å². The molecule has 4 aromatic rings. The van der Waals surface area contributed by atoms with E-state index in [1.165, 1.54) is 14.2 Å². The number of anilines is 1. The van der Waals surface area contributed by atoms with Gasteiger partial charge < -0.3 is 14.8 Å². The average molecular weight is 493 g/mol. The molecule has 0 saturated carbocycles. The quantitative estimate of drug-likeness (QED) is 0.314. The minimum Gasteiger partial charge on any atom is -0.495 e. The standard InChI is InChI=1S/C22H20Cl3N5O2/c1-4-30-11-12(9-28-30)8-27-22-14-6-18(23)26-10-13(14)5-15(29-22)19-20(24)16(31-2)7-17(32-3)21(19)25/h5-7,9-11H,4,8H2,1-3H3,(H,27,29). The first-order valence-electron chi connectivity index (χ1n) is 9.77. The highest BCUT2D eigenvalue weighted by Crippen LogP contribution is 2.46. The zero-order chi connectivity index (χ0) is 22.8. The van der Waals surface area contributed by atoms with E-state index in [2.05, 4.69) is 15.4 Å². The molecule has 4 rings (SSSR count). The summed E-state index contributed by atoms with van der Waals surface area (Å²) in [6, 6.07) is 5.26. The number of aromatic nitrogens is 4. The summed E-state index contributed by atoms with van der Waals surface area (Å²) in [6.07, 6.45) is 5.48. The fourth-order valence-corrected chi connectivity index (χ4v) is 4.20. The second kappa shape index (κ2) is 9.40. The topological polar surface area (TPSA) is 74.1 Å². The Balaban J connectivity index is 1.86. The van der Waals surface area contributed by atoms with Crippen molar-refractivity contribution in [1.82, 2.24) is 19.7 Å². The number of nitrogens with one attached hydrogen (secondary N) is 1. The number of pyridine rings is 2. The molecule has 10 heteroatoms. The lowest BCUT2D eigenvalue weighted by Crippen LogP contribution is -2.03. The van der Waals surface area contributed by atoms with Crippen molar-refractivity contribution in [1.29, 1.82) is 0 Å². The van der Waals surface area contributed by atoms with Crippen molar-refractivity contribution >= 4 is 51.4 Å². The van der Waals surface area contributed by atoms with Crippen LogP contribution in [0.1, 0.15) is 12.5 Å². The molecule has 0 fully saturated rings. The number of methoxy groups -OCH3 is 2. The fraction of sp³-hybridized carbons (Fsp3) is 0.227. The fourth-order valence-electron chi connectivity index (χ4n) is 3.35. The van der Waals surface area contributed by atoms with Gasteiger partial charge in [-0.3, -0.25) is 4.68 Å². The van der Waals surface area contributed by atoms with E-state index in [0.717, 1.165) is 22.9 Å². The third-order valence-electron chi connectivity index (χ3n) is 4.98. The monoisotopic (exact) mass is 491 g/mol. The van der Waals surface area contributed by atoms with E-state index in [1.807, 2.05) is 30.1 Å². The van der Waals surface area contributed by atoms with Gasteiger partial charge in [0.15, 0.2) is 0 Å². The SMILES string of the molecule is CCn1cc(CNc2nc(-c3c(Cl)c(OC)cc(OC)c3Cl)cc3cnc(Cl)cc23)cn1. The summed E-state index contributed by atoms with van der Waals surface area (Å²) in [6.45, 7) is 3.36. The van der Waals surface area contributed by atoms with Crippen LogP contribution in [-0.2, 0) is 13.1 Å². The summed E-state index contributed by atoms with van der Waals surface area (Å²) < 4.78 is 12.7. The van der Waals surface area contributed by atoms with E-state index < -0.39 is 0 Å². The van der Waals surface area contributed by atoms with Gasteiger partial charge in [-0.25, -0.2) is 9.97 Å². The molecule has 166 valence electrons. The van der Waals surface area contributed by atoms with Gasteiger partial charge >= 0.3 is 0 Å². The Labute approximate surface area is 200 Å². The Morgan fingerprint density at radius 1 is 1.00 bits per heavy atom. The number of fused-ring (bicyclic) bond motifs is 1. The lowest BCUT2D eigenvalue weighted by atomic mass is 10.1. The number of benzene rings is 1. The average Bonchev–Trinajstić information content (AvgIpc) is 3.26. The summed E-state index contributed by atoms with van der Waals surface area (Å²) in [7, 11) is 3.06. The van der Waals surface area contributed by atoms with Gasteiger partial charge in [0.25, 0.3) is 0 Å². The van der Waals surface area contributed by atoms with Crippen molar-refractivity contribution in [3.63, 3.8) is 0 Å². The molecular weight excluding hydrogens is 473 g/mol. The number of rotatable bonds is 7. The van der Waals surface area contributed by atoms with Gasteiger partial charge in [-0.05, 0) is 19.1 Å². The third kappa shape index (κ3) is 4.28. The van der Waals surface area contributed by atoms with E-state index in [0.29, 0.717) is 50.3 Å². The molecule has 0 spiro atoms. The summed E-state index contributed by atoms with van der Waals surface area (Å²) in [4.78, 5) is 9.03. The van der Waals surface area contributed by atoms with Crippen LogP contribution in [0.25, 0.3) is 22.0 Å². The minimum atomic E-state index is 0.335. The van der Waals surface area contributed by atoms with Crippen LogP contribution >= 0.6 is 34.8 Å². The number of ether oxygens (including phenoxy) is 2. The lowest BCUT2D eigenvalue weighted by Gasteiger charge is -2.16. The van der Waals surface area contributed by atoms with Crippen LogP contribution in [0.3, 0.4) is 0 Å². The molecule has 0 radical (unpaired) electrons. The van der Waals surface area contributed by atoms with E-state index in [-0.39, 0.29) is 0 Å². The van der Waals surface area contributed by atoms with E-state index in [1.54, 1.807) is 18.3 Å². The normalized spacial score (nSPS) is 11.1. The first-order chi connectivity index (χ1) is 15.4. The molecule has 3 aromatic heterocycles. The first kappa shape index (κ1) is 22.5. The zero-order valence-electron chi connectivity index (χ0n) is 17.6. The van der Waals surface area contributed by atoms with Gasteiger partial charge in [0.1, 0.15) is 22.5 Å². The minimum absolute atomic E-state index is 0.335. The van der Waals surface area contributed by atoms with Gasteiger partial charge in [-0.2, -0.15) is 5.10 Å². The Morgan fingerprint density at radius 2 is 1.72 bits per heavy atom. The molecule has 0 aliphatic carbocycles. The molecule has 0 unspecified atom stereocenters. The van der Waals surface area contributed by atoms with Crippen molar-refractivity contribution in [2.75, 3.05) is 19.5 Å². The molecule has 32 heavy (non-hydrogen) atoms. The van der Waals surface area contributed by atoms with Crippen molar-refractivity contribution in [2.45, 2.75) is 20.0 Å². The first-order valence-corrected chi connectivity index (χ1v) is 10.9. The molecule has 0 bridgehead atoms. The van der Waals surface area contributed by atoms with Crippen LogP contribution in [0.5, 0.6) is 11.5 Å². The Morgan fingerprint density at radius 3 is 2.34 bits per heavy atom. The van der Waals surface area contributed by atoms with Crippen LogP contribution < -0.4 is 14.8 Å². The summed E-state index contributed by atoms with van der Waals surface area (Å²) in [5.74, 6) is 1.47. The van der Waals surface area contributed by atoms with Crippen molar-refractivity contribution < 1.29 is 9.47 Å². The molecule has 0 atom stereocenters.